The Balaban J connectivity index is 1.52. The van der Waals surface area contributed by atoms with Gasteiger partial charge in [0, 0.05) is 50.3 Å². The number of pyridine rings is 1. The molecular weight excluding hydrogens is 462 g/mol. The Labute approximate surface area is 182 Å². The molecular formula is C18H18F6N6O3. The number of nitrogens with zero attached hydrogens (tertiary/aromatic N) is 4. The smallest absolute Gasteiger partial charge is 0.337 e. The fraction of sp³-hybridized carbons (Fsp3) is 0.444. The molecule has 2 amide bonds. The Morgan fingerprint density at radius 1 is 1.09 bits per heavy atom. The first-order valence-electron chi connectivity index (χ1n) is 9.51. The third-order valence-electron chi connectivity index (χ3n) is 4.84. The molecule has 180 valence electrons. The van der Waals surface area contributed by atoms with E-state index in [1.807, 2.05) is 4.98 Å². The number of H-pyrrole nitrogens is 1. The topological polar surface area (TPSA) is 103 Å². The van der Waals surface area contributed by atoms with Gasteiger partial charge in [0.2, 0.25) is 5.95 Å². The van der Waals surface area contributed by atoms with Crippen molar-refractivity contribution in [2.75, 3.05) is 31.1 Å². The number of rotatable bonds is 4. The normalized spacial score (nSPS) is 16.0. The highest BCUT2D eigenvalue weighted by molar-refractivity contribution is 5.73. The molecule has 0 spiro atoms. The number of anilines is 1. The van der Waals surface area contributed by atoms with Crippen LogP contribution in [0.2, 0.25) is 0 Å². The van der Waals surface area contributed by atoms with Gasteiger partial charge in [-0.3, -0.25) is 9.63 Å². The van der Waals surface area contributed by atoms with Crippen LogP contribution in [0.15, 0.2) is 29.5 Å². The molecule has 3 rings (SSSR count). The second kappa shape index (κ2) is 9.25. The van der Waals surface area contributed by atoms with Crippen LogP contribution < -0.4 is 15.9 Å². The van der Waals surface area contributed by atoms with E-state index in [-0.39, 0.29) is 37.7 Å². The largest absolute Gasteiger partial charge is 0.421 e. The summed E-state index contributed by atoms with van der Waals surface area (Å²) in [6.45, 7) is 2.20. The molecule has 9 nitrogen and oxygen atoms in total. The number of urea groups is 1. The summed E-state index contributed by atoms with van der Waals surface area (Å²) in [6, 6.07) is -0.0197. The lowest BCUT2D eigenvalue weighted by Gasteiger charge is -2.34. The standard InChI is InChI=1S/C18H18F6N6O3/c1-10(11-6-13(18(22,23)24)14(31)25-7-11)33-28-16(32)30-4-2-29(3-5-30)15-26-8-12(9-27-15)17(19,20)21/h6-10H,2-5H2,1H3,(H,25,31)(H,28,32). The van der Waals surface area contributed by atoms with Crippen LogP contribution in [-0.4, -0.2) is 52.1 Å². The van der Waals surface area contributed by atoms with Gasteiger partial charge in [0.15, 0.2) is 0 Å². The lowest BCUT2D eigenvalue weighted by Crippen LogP contribution is -2.52. The third kappa shape index (κ3) is 5.91. The highest BCUT2D eigenvalue weighted by Gasteiger charge is 2.35. The van der Waals surface area contributed by atoms with Crippen molar-refractivity contribution in [3.63, 3.8) is 0 Å². The van der Waals surface area contributed by atoms with E-state index in [1.54, 1.807) is 4.90 Å². The van der Waals surface area contributed by atoms with Crippen LogP contribution in [0.3, 0.4) is 0 Å². The van der Waals surface area contributed by atoms with E-state index >= 15 is 0 Å². The Morgan fingerprint density at radius 2 is 1.70 bits per heavy atom. The van der Waals surface area contributed by atoms with E-state index in [1.165, 1.54) is 11.8 Å². The second-order valence-corrected chi connectivity index (χ2v) is 7.08. The monoisotopic (exact) mass is 480 g/mol. The van der Waals surface area contributed by atoms with Crippen molar-refractivity contribution in [1.82, 2.24) is 25.3 Å². The van der Waals surface area contributed by atoms with Crippen molar-refractivity contribution >= 4 is 12.0 Å². The van der Waals surface area contributed by atoms with E-state index in [4.69, 9.17) is 4.84 Å². The Morgan fingerprint density at radius 3 is 2.24 bits per heavy atom. The Kier molecular flexibility index (Phi) is 6.81. The molecule has 2 aromatic heterocycles. The van der Waals surface area contributed by atoms with E-state index in [2.05, 4.69) is 15.4 Å². The van der Waals surface area contributed by atoms with Gasteiger partial charge in [-0.1, -0.05) is 0 Å². The molecule has 3 heterocycles. The molecule has 33 heavy (non-hydrogen) atoms. The number of aromatic amines is 1. The van der Waals surface area contributed by atoms with Crippen molar-refractivity contribution in [1.29, 1.82) is 0 Å². The molecule has 1 saturated heterocycles. The zero-order chi connectivity index (χ0) is 24.4. The maximum absolute atomic E-state index is 12.9. The minimum atomic E-state index is -4.84. The van der Waals surface area contributed by atoms with E-state index in [0.29, 0.717) is 18.5 Å². The van der Waals surface area contributed by atoms with E-state index in [9.17, 15) is 35.9 Å². The van der Waals surface area contributed by atoms with Crippen LogP contribution in [-0.2, 0) is 17.2 Å². The summed E-state index contributed by atoms with van der Waals surface area (Å²) in [5, 5.41) is 0. The van der Waals surface area contributed by atoms with Crippen LogP contribution in [0, 0.1) is 0 Å². The van der Waals surface area contributed by atoms with Crippen LogP contribution in [0.5, 0.6) is 0 Å². The second-order valence-electron chi connectivity index (χ2n) is 7.08. The number of carbonyl (C=O) groups is 1. The van der Waals surface area contributed by atoms with Crippen LogP contribution in [0.25, 0.3) is 0 Å². The summed E-state index contributed by atoms with van der Waals surface area (Å²) in [4.78, 5) is 41.1. The number of nitrogens with one attached hydrogen (secondary N) is 2. The van der Waals surface area contributed by atoms with Gasteiger partial charge in [-0.15, -0.1) is 0 Å². The molecule has 0 aliphatic carbocycles. The van der Waals surface area contributed by atoms with Gasteiger partial charge in [-0.05, 0) is 13.0 Å². The number of piperazine rings is 1. The Hall–Kier alpha value is -3.36. The van der Waals surface area contributed by atoms with Gasteiger partial charge in [0.25, 0.3) is 5.56 Å². The SMILES string of the molecule is CC(ONC(=O)N1CCN(c2ncc(C(F)(F)F)cn2)CC1)c1c[nH]c(=O)c(C(F)(F)F)c1. The molecule has 1 aliphatic heterocycles. The molecule has 15 heteroatoms. The fourth-order valence-corrected chi connectivity index (χ4v) is 2.96. The molecule has 0 aromatic carbocycles. The quantitative estimate of drug-likeness (QED) is 0.516. The lowest BCUT2D eigenvalue weighted by atomic mass is 10.1. The molecule has 1 aliphatic rings. The van der Waals surface area contributed by atoms with Gasteiger partial charge in [-0.2, -0.15) is 26.3 Å². The summed E-state index contributed by atoms with van der Waals surface area (Å²) in [5.41, 5.74) is -1.52. The minimum absolute atomic E-state index is 0.00787. The van der Waals surface area contributed by atoms with Crippen molar-refractivity contribution in [3.05, 3.63) is 51.7 Å². The van der Waals surface area contributed by atoms with Crippen molar-refractivity contribution in [3.8, 4) is 0 Å². The fourth-order valence-electron chi connectivity index (χ4n) is 2.96. The predicted molar refractivity (Wildman–Crippen MR) is 101 cm³/mol. The summed E-state index contributed by atoms with van der Waals surface area (Å²) in [5.74, 6) is 0.0893. The van der Waals surface area contributed by atoms with Crippen LogP contribution >= 0.6 is 0 Å². The Bertz CT molecular complexity index is 1030. The summed E-state index contributed by atoms with van der Waals surface area (Å²) >= 11 is 0. The summed E-state index contributed by atoms with van der Waals surface area (Å²) in [6.07, 6.45) is -7.99. The van der Waals surface area contributed by atoms with Crippen LogP contribution in [0.4, 0.5) is 37.1 Å². The summed E-state index contributed by atoms with van der Waals surface area (Å²) in [7, 11) is 0. The van der Waals surface area contributed by atoms with Crippen molar-refractivity contribution < 1.29 is 36.0 Å². The highest BCUT2D eigenvalue weighted by atomic mass is 19.4. The first-order valence-corrected chi connectivity index (χ1v) is 9.51. The molecule has 0 bridgehead atoms. The van der Waals surface area contributed by atoms with Gasteiger partial charge in [0.1, 0.15) is 11.7 Å². The zero-order valence-electron chi connectivity index (χ0n) is 17.0. The van der Waals surface area contributed by atoms with E-state index in [0.717, 1.165) is 6.20 Å². The first-order chi connectivity index (χ1) is 15.4. The number of aromatic nitrogens is 3. The molecule has 1 atom stereocenters. The molecule has 1 fully saturated rings. The molecule has 1 unspecified atom stereocenters. The van der Waals surface area contributed by atoms with Crippen molar-refractivity contribution in [2.45, 2.75) is 25.4 Å². The van der Waals surface area contributed by atoms with Gasteiger partial charge < -0.3 is 14.8 Å². The maximum Gasteiger partial charge on any atom is 0.421 e. The number of hydrogen-bond acceptors (Lipinski definition) is 6. The summed E-state index contributed by atoms with van der Waals surface area (Å²) < 4.78 is 76.4. The molecule has 2 aromatic rings. The first kappa shape index (κ1) is 24.3. The maximum atomic E-state index is 12.9. The number of halogens is 6. The van der Waals surface area contributed by atoms with E-state index < -0.39 is 41.2 Å². The predicted octanol–water partition coefficient (Wildman–Crippen LogP) is 2.73. The highest BCUT2D eigenvalue weighted by Crippen LogP contribution is 2.29. The average molecular weight is 480 g/mol. The number of alkyl halides is 6. The lowest BCUT2D eigenvalue weighted by molar-refractivity contribution is -0.139. The zero-order valence-corrected chi connectivity index (χ0v) is 17.0. The van der Waals surface area contributed by atoms with Gasteiger partial charge in [0.05, 0.1) is 5.56 Å². The number of carbonyl (C=O) groups excluding carboxylic acids is 1. The third-order valence-corrected chi connectivity index (χ3v) is 4.84. The minimum Gasteiger partial charge on any atom is -0.337 e. The number of hydrogen-bond donors (Lipinski definition) is 2. The molecule has 2 N–H and O–H groups in total. The van der Waals surface area contributed by atoms with Gasteiger partial charge >= 0.3 is 18.4 Å². The molecule has 0 radical (unpaired) electrons. The average Bonchev–Trinajstić information content (AvgIpc) is 2.76. The molecule has 0 saturated carbocycles. The van der Waals surface area contributed by atoms with Gasteiger partial charge in [-0.25, -0.2) is 20.2 Å². The van der Waals surface area contributed by atoms with Crippen LogP contribution in [0.1, 0.15) is 29.7 Å². The van der Waals surface area contributed by atoms with Crippen molar-refractivity contribution in [2.24, 2.45) is 0 Å². The number of amides is 2. The number of hydroxylamine groups is 1.